The van der Waals surface area contributed by atoms with Crippen molar-refractivity contribution in [1.82, 2.24) is 15.2 Å². The second-order valence-electron chi connectivity index (χ2n) is 8.61. The number of hydrogen-bond donors (Lipinski definition) is 1. The first kappa shape index (κ1) is 26.2. The molecule has 9 heteroatoms. The number of carbonyl (C=O) groups excluding carboxylic acids is 1. The Morgan fingerprint density at radius 2 is 1.71 bits per heavy atom. The van der Waals surface area contributed by atoms with Crippen molar-refractivity contribution in [2.45, 2.75) is 52.6 Å². The minimum atomic E-state index is -4.40. The molecule has 2 aromatic carbocycles. The summed E-state index contributed by atoms with van der Waals surface area (Å²) in [5, 5.41) is 5.94. The smallest absolute Gasteiger partial charge is 0.348 e. The molecular formula is C25H27ClF3N3OS. The Labute approximate surface area is 206 Å². The lowest BCUT2D eigenvalue weighted by Gasteiger charge is -2.22. The van der Waals surface area contributed by atoms with E-state index in [2.05, 4.69) is 10.3 Å². The molecule has 1 heterocycles. The number of alkyl halides is 3. The Balaban J connectivity index is 1.79. The summed E-state index contributed by atoms with van der Waals surface area (Å²) >= 11 is 7.48. The second kappa shape index (κ2) is 11.3. The van der Waals surface area contributed by atoms with Crippen molar-refractivity contribution in [3.05, 3.63) is 86.3 Å². The van der Waals surface area contributed by atoms with E-state index >= 15 is 0 Å². The van der Waals surface area contributed by atoms with Gasteiger partial charge in [-0.15, -0.1) is 11.3 Å². The quantitative estimate of drug-likeness (QED) is 0.345. The zero-order valence-electron chi connectivity index (χ0n) is 19.2. The molecule has 1 aromatic heterocycles. The highest BCUT2D eigenvalue weighted by atomic mass is 35.5. The first-order chi connectivity index (χ1) is 16.0. The van der Waals surface area contributed by atoms with Crippen LogP contribution in [0.1, 0.15) is 53.0 Å². The topological polar surface area (TPSA) is 45.2 Å². The predicted molar refractivity (Wildman–Crippen MR) is 130 cm³/mol. The van der Waals surface area contributed by atoms with Crippen molar-refractivity contribution in [2.75, 3.05) is 0 Å². The Hall–Kier alpha value is -2.42. The van der Waals surface area contributed by atoms with E-state index in [1.54, 1.807) is 17.5 Å². The third-order valence-corrected chi connectivity index (χ3v) is 6.53. The van der Waals surface area contributed by atoms with Crippen LogP contribution in [-0.2, 0) is 25.8 Å². The summed E-state index contributed by atoms with van der Waals surface area (Å²) in [7, 11) is 0. The highest BCUT2D eigenvalue weighted by molar-refractivity contribution is 7.09. The molecular weight excluding hydrogens is 483 g/mol. The van der Waals surface area contributed by atoms with Crippen LogP contribution in [0.2, 0.25) is 5.02 Å². The van der Waals surface area contributed by atoms with Gasteiger partial charge in [-0.2, -0.15) is 13.2 Å². The van der Waals surface area contributed by atoms with Gasteiger partial charge in [-0.05, 0) is 42.2 Å². The molecule has 0 aliphatic carbocycles. The van der Waals surface area contributed by atoms with Crippen molar-refractivity contribution in [2.24, 2.45) is 5.92 Å². The number of nitrogens with zero attached hydrogens (tertiary/aromatic N) is 2. The highest BCUT2D eigenvalue weighted by Crippen LogP contribution is 2.30. The summed E-state index contributed by atoms with van der Waals surface area (Å²) in [5.41, 5.74) is 1.13. The Bertz CT molecular complexity index is 1120. The van der Waals surface area contributed by atoms with Crippen molar-refractivity contribution in [1.29, 1.82) is 0 Å². The second-order valence-corrected chi connectivity index (χ2v) is 9.98. The molecule has 1 atom stereocenters. The molecule has 34 heavy (non-hydrogen) atoms. The van der Waals surface area contributed by atoms with Gasteiger partial charge in [0, 0.05) is 29.5 Å². The average molecular weight is 510 g/mol. The van der Waals surface area contributed by atoms with Crippen LogP contribution in [0.4, 0.5) is 13.2 Å². The first-order valence-electron chi connectivity index (χ1n) is 10.9. The van der Waals surface area contributed by atoms with E-state index in [1.807, 2.05) is 43.9 Å². The van der Waals surface area contributed by atoms with Gasteiger partial charge in [0.2, 0.25) is 0 Å². The Morgan fingerprint density at radius 1 is 1.06 bits per heavy atom. The minimum Gasteiger partial charge on any atom is -0.348 e. The van der Waals surface area contributed by atoms with Crippen molar-refractivity contribution >= 4 is 28.8 Å². The fourth-order valence-electron chi connectivity index (χ4n) is 3.29. The fourth-order valence-corrected chi connectivity index (χ4v) is 4.32. The van der Waals surface area contributed by atoms with E-state index < -0.39 is 11.7 Å². The van der Waals surface area contributed by atoms with Crippen LogP contribution in [0, 0.1) is 5.92 Å². The molecule has 0 aliphatic heterocycles. The lowest BCUT2D eigenvalue weighted by atomic mass is 10.1. The molecule has 0 spiro atoms. The predicted octanol–water partition coefficient (Wildman–Crippen LogP) is 6.79. The van der Waals surface area contributed by atoms with Crippen molar-refractivity contribution in [3.63, 3.8) is 0 Å². The van der Waals surface area contributed by atoms with Crippen LogP contribution in [0.15, 0.2) is 53.9 Å². The number of thiazole rings is 1. The minimum absolute atomic E-state index is 0.0119. The van der Waals surface area contributed by atoms with E-state index in [0.717, 1.165) is 11.6 Å². The van der Waals surface area contributed by atoms with Gasteiger partial charge in [0.15, 0.2) is 0 Å². The zero-order valence-corrected chi connectivity index (χ0v) is 20.8. The van der Waals surface area contributed by atoms with Gasteiger partial charge in [0.1, 0.15) is 10.7 Å². The third kappa shape index (κ3) is 7.55. The Morgan fingerprint density at radius 3 is 2.32 bits per heavy atom. The summed E-state index contributed by atoms with van der Waals surface area (Å²) in [6, 6.07) is 12.7. The van der Waals surface area contributed by atoms with Gasteiger partial charge >= 0.3 is 6.18 Å². The highest BCUT2D eigenvalue weighted by Gasteiger charge is 2.30. The molecule has 0 saturated heterocycles. The number of hydrogen-bond acceptors (Lipinski definition) is 4. The maximum Gasteiger partial charge on any atom is 0.416 e. The van der Waals surface area contributed by atoms with Crippen LogP contribution in [0.3, 0.4) is 0 Å². The molecule has 1 amide bonds. The number of nitrogens with one attached hydrogen (secondary N) is 1. The molecule has 0 aliphatic rings. The molecule has 0 saturated carbocycles. The van der Waals surface area contributed by atoms with Crippen molar-refractivity contribution < 1.29 is 18.0 Å². The summed E-state index contributed by atoms with van der Waals surface area (Å²) < 4.78 is 39.6. The number of carbonyl (C=O) groups is 1. The molecule has 0 fully saturated rings. The summed E-state index contributed by atoms with van der Waals surface area (Å²) in [6.07, 6.45) is -4.40. The van der Waals surface area contributed by atoms with E-state index in [0.29, 0.717) is 40.3 Å². The number of halogens is 4. The maximum atomic E-state index is 13.2. The first-order valence-corrected chi connectivity index (χ1v) is 12.1. The number of benzene rings is 2. The maximum absolute atomic E-state index is 13.2. The number of amides is 1. The lowest BCUT2D eigenvalue weighted by molar-refractivity contribution is -0.137. The fraction of sp³-hybridized carbons (Fsp3) is 0.360. The molecule has 3 rings (SSSR count). The normalized spacial score (nSPS) is 12.9. The van der Waals surface area contributed by atoms with E-state index in [4.69, 9.17) is 11.6 Å². The SMILES string of the molecule is CC(C)[C@H](C)NC(=O)c1csc(CN(Cc2cccc(Cl)c2)Cc2cccc(C(F)(F)F)c2)n1. The standard InChI is InChI=1S/C25H27ClF3N3OS/c1-16(2)17(3)30-24(33)22-15-34-23(31-22)14-32(13-19-7-5-9-21(26)11-19)12-18-6-4-8-20(10-18)25(27,28)29/h4-11,15-17H,12-14H2,1-3H3,(H,30,33)/t17-/m0/s1. The van der Waals surface area contributed by atoms with Gasteiger partial charge in [-0.3, -0.25) is 9.69 Å². The summed E-state index contributed by atoms with van der Waals surface area (Å²) in [6.45, 7) is 7.11. The van der Waals surface area contributed by atoms with Gasteiger partial charge in [0.25, 0.3) is 5.91 Å². The molecule has 0 unspecified atom stereocenters. The van der Waals surface area contributed by atoms with Gasteiger partial charge in [-0.25, -0.2) is 4.98 Å². The zero-order chi connectivity index (χ0) is 24.9. The Kier molecular flexibility index (Phi) is 8.73. The van der Waals surface area contributed by atoms with Crippen LogP contribution in [0.25, 0.3) is 0 Å². The third-order valence-electron chi connectivity index (χ3n) is 5.46. The summed E-state index contributed by atoms with van der Waals surface area (Å²) in [4.78, 5) is 19.0. The largest absolute Gasteiger partial charge is 0.416 e. The van der Waals surface area contributed by atoms with E-state index in [1.165, 1.54) is 23.5 Å². The van der Waals surface area contributed by atoms with Gasteiger partial charge in [0.05, 0.1) is 12.1 Å². The van der Waals surface area contributed by atoms with Crippen LogP contribution < -0.4 is 5.32 Å². The molecule has 0 bridgehead atoms. The van der Waals surface area contributed by atoms with Crippen LogP contribution in [-0.4, -0.2) is 21.8 Å². The molecule has 0 radical (unpaired) electrons. The monoisotopic (exact) mass is 509 g/mol. The van der Waals surface area contributed by atoms with E-state index in [9.17, 15) is 18.0 Å². The number of rotatable bonds is 9. The molecule has 1 N–H and O–H groups in total. The molecule has 3 aromatic rings. The molecule has 4 nitrogen and oxygen atoms in total. The van der Waals surface area contributed by atoms with Crippen LogP contribution >= 0.6 is 22.9 Å². The van der Waals surface area contributed by atoms with Crippen molar-refractivity contribution in [3.8, 4) is 0 Å². The van der Waals surface area contributed by atoms with Gasteiger partial charge in [-0.1, -0.05) is 55.8 Å². The average Bonchev–Trinajstić information content (AvgIpc) is 3.22. The van der Waals surface area contributed by atoms with E-state index in [-0.39, 0.29) is 18.5 Å². The summed E-state index contributed by atoms with van der Waals surface area (Å²) in [5.74, 6) is 0.0608. The molecule has 182 valence electrons. The number of aromatic nitrogens is 1. The van der Waals surface area contributed by atoms with Crippen LogP contribution in [0.5, 0.6) is 0 Å². The lowest BCUT2D eigenvalue weighted by Crippen LogP contribution is -2.36. The van der Waals surface area contributed by atoms with Gasteiger partial charge < -0.3 is 5.32 Å².